The van der Waals surface area contributed by atoms with Crippen LogP contribution in [0.4, 0.5) is 5.82 Å². The van der Waals surface area contributed by atoms with Crippen molar-refractivity contribution >= 4 is 16.6 Å². The minimum absolute atomic E-state index is 0.124. The average molecular weight is 232 g/mol. The summed E-state index contributed by atoms with van der Waals surface area (Å²) in [5.74, 6) is 0.621. The first kappa shape index (κ1) is 11.7. The Hall–Kier alpha value is -1.81. The number of aliphatic hydroxyl groups is 1. The van der Waals surface area contributed by atoms with E-state index in [0.717, 1.165) is 5.39 Å². The highest BCUT2D eigenvalue weighted by Crippen LogP contribution is 2.13. The van der Waals surface area contributed by atoms with Gasteiger partial charge in [0, 0.05) is 11.9 Å². The van der Waals surface area contributed by atoms with Crippen molar-refractivity contribution in [2.24, 2.45) is 0 Å². The number of fused-ring (bicyclic) bond motifs is 1. The van der Waals surface area contributed by atoms with Crippen molar-refractivity contribution < 1.29 is 5.11 Å². The van der Waals surface area contributed by atoms with E-state index < -0.39 is 5.60 Å². The Bertz CT molecular complexity index is 582. The molecule has 0 saturated carbocycles. The van der Waals surface area contributed by atoms with E-state index in [1.807, 2.05) is 24.3 Å². The van der Waals surface area contributed by atoms with E-state index in [0.29, 0.717) is 17.7 Å². The first-order chi connectivity index (χ1) is 7.96. The molecule has 0 bridgehead atoms. The lowest BCUT2D eigenvalue weighted by molar-refractivity contribution is 0.0944. The van der Waals surface area contributed by atoms with E-state index in [4.69, 9.17) is 0 Å². The predicted molar refractivity (Wildman–Crippen MR) is 69.4 cm³/mol. The zero-order valence-electron chi connectivity index (χ0n) is 9.95. The van der Waals surface area contributed by atoms with Crippen molar-refractivity contribution in [2.75, 3.05) is 11.9 Å². The molecule has 1 heterocycles. The van der Waals surface area contributed by atoms with Crippen LogP contribution in [-0.4, -0.2) is 22.2 Å². The van der Waals surface area contributed by atoms with Crippen LogP contribution in [0.1, 0.15) is 13.8 Å². The van der Waals surface area contributed by atoms with Gasteiger partial charge in [-0.2, -0.15) is 0 Å². The van der Waals surface area contributed by atoms with Gasteiger partial charge in [0.1, 0.15) is 5.82 Å². The Kier molecular flexibility index (Phi) is 2.90. The van der Waals surface area contributed by atoms with Gasteiger partial charge in [-0.3, -0.25) is 4.79 Å². The molecule has 2 rings (SSSR count). The number of benzene rings is 1. The molecule has 1 aromatic carbocycles. The third-order valence-electron chi connectivity index (χ3n) is 2.46. The molecule has 4 nitrogen and oxygen atoms in total. The van der Waals surface area contributed by atoms with Crippen molar-refractivity contribution in [2.45, 2.75) is 19.4 Å². The van der Waals surface area contributed by atoms with Crippen LogP contribution >= 0.6 is 0 Å². The van der Waals surface area contributed by atoms with Gasteiger partial charge in [0.05, 0.1) is 5.60 Å². The van der Waals surface area contributed by atoms with Crippen LogP contribution in [0.3, 0.4) is 0 Å². The minimum Gasteiger partial charge on any atom is -0.389 e. The van der Waals surface area contributed by atoms with Crippen LogP contribution in [-0.2, 0) is 0 Å². The molecule has 0 aliphatic heterocycles. The fourth-order valence-electron chi connectivity index (χ4n) is 1.62. The second-order valence-electron chi connectivity index (χ2n) is 4.77. The van der Waals surface area contributed by atoms with E-state index in [1.165, 1.54) is 0 Å². The number of H-pyrrole nitrogens is 1. The lowest BCUT2D eigenvalue weighted by Crippen LogP contribution is -2.30. The summed E-state index contributed by atoms with van der Waals surface area (Å²) in [5.41, 5.74) is -0.941. The van der Waals surface area contributed by atoms with Crippen LogP contribution in [0.2, 0.25) is 0 Å². The first-order valence-corrected chi connectivity index (χ1v) is 5.54. The second-order valence-corrected chi connectivity index (χ2v) is 4.77. The highest BCUT2D eigenvalue weighted by atomic mass is 16.3. The summed E-state index contributed by atoms with van der Waals surface area (Å²) in [7, 11) is 0. The van der Waals surface area contributed by atoms with Gasteiger partial charge in [0.15, 0.2) is 0 Å². The molecule has 0 spiro atoms. The van der Waals surface area contributed by atoms with E-state index >= 15 is 0 Å². The standard InChI is InChI=1S/C13H16N2O2/c1-13(2,17)8-14-11-7-9-5-3-4-6-10(9)12(16)15-11/h3-7,17H,8H2,1-2H3,(H2,14,15,16). The second kappa shape index (κ2) is 4.22. The van der Waals surface area contributed by atoms with Crippen molar-refractivity contribution in [3.63, 3.8) is 0 Å². The van der Waals surface area contributed by atoms with Crippen LogP contribution < -0.4 is 10.9 Å². The molecule has 90 valence electrons. The van der Waals surface area contributed by atoms with Gasteiger partial charge in [-0.1, -0.05) is 18.2 Å². The van der Waals surface area contributed by atoms with Crippen LogP contribution in [0.5, 0.6) is 0 Å². The molecule has 0 aliphatic carbocycles. The summed E-state index contributed by atoms with van der Waals surface area (Å²) in [6.45, 7) is 3.79. The third-order valence-corrected chi connectivity index (χ3v) is 2.46. The van der Waals surface area contributed by atoms with Gasteiger partial charge in [-0.25, -0.2) is 0 Å². The van der Waals surface area contributed by atoms with Crippen molar-refractivity contribution in [1.29, 1.82) is 0 Å². The first-order valence-electron chi connectivity index (χ1n) is 5.54. The topological polar surface area (TPSA) is 65.1 Å². The van der Waals surface area contributed by atoms with Gasteiger partial charge in [-0.15, -0.1) is 0 Å². The smallest absolute Gasteiger partial charge is 0.257 e. The summed E-state index contributed by atoms with van der Waals surface area (Å²) in [6.07, 6.45) is 0. The Morgan fingerprint density at radius 1 is 1.35 bits per heavy atom. The number of anilines is 1. The Labute approximate surface area is 99.3 Å². The molecular weight excluding hydrogens is 216 g/mol. The third kappa shape index (κ3) is 2.85. The number of hydrogen-bond acceptors (Lipinski definition) is 3. The molecule has 17 heavy (non-hydrogen) atoms. The van der Waals surface area contributed by atoms with Crippen molar-refractivity contribution in [1.82, 2.24) is 4.98 Å². The quantitative estimate of drug-likeness (QED) is 0.754. The molecule has 0 amide bonds. The molecule has 4 heteroatoms. The predicted octanol–water partition coefficient (Wildman–Crippen LogP) is 1.71. The van der Waals surface area contributed by atoms with Crippen LogP contribution in [0.25, 0.3) is 10.8 Å². The van der Waals surface area contributed by atoms with Crippen LogP contribution in [0, 0.1) is 0 Å². The zero-order chi connectivity index (χ0) is 12.5. The Balaban J connectivity index is 2.34. The molecule has 0 fully saturated rings. The highest BCUT2D eigenvalue weighted by Gasteiger charge is 2.12. The van der Waals surface area contributed by atoms with Gasteiger partial charge >= 0.3 is 0 Å². The van der Waals surface area contributed by atoms with Gasteiger partial charge in [0.25, 0.3) is 5.56 Å². The molecule has 2 aromatic rings. The number of aromatic amines is 1. The average Bonchev–Trinajstić information content (AvgIpc) is 2.26. The molecule has 0 saturated heterocycles. The molecule has 0 radical (unpaired) electrons. The number of hydrogen-bond donors (Lipinski definition) is 3. The van der Waals surface area contributed by atoms with Gasteiger partial charge in [0.2, 0.25) is 0 Å². The highest BCUT2D eigenvalue weighted by molar-refractivity contribution is 5.83. The maximum atomic E-state index is 11.8. The monoisotopic (exact) mass is 232 g/mol. The Morgan fingerprint density at radius 3 is 2.76 bits per heavy atom. The zero-order valence-corrected chi connectivity index (χ0v) is 9.95. The lowest BCUT2D eigenvalue weighted by Gasteiger charge is -2.18. The normalized spacial score (nSPS) is 11.7. The number of aromatic nitrogens is 1. The number of nitrogens with one attached hydrogen (secondary N) is 2. The largest absolute Gasteiger partial charge is 0.389 e. The van der Waals surface area contributed by atoms with E-state index in [2.05, 4.69) is 10.3 Å². The molecule has 0 atom stereocenters. The number of rotatable bonds is 3. The molecule has 0 aliphatic rings. The fourth-order valence-corrected chi connectivity index (χ4v) is 1.62. The molecule has 3 N–H and O–H groups in total. The van der Waals surface area contributed by atoms with Crippen molar-refractivity contribution in [3.8, 4) is 0 Å². The van der Waals surface area contributed by atoms with Gasteiger partial charge < -0.3 is 15.4 Å². The van der Waals surface area contributed by atoms with E-state index in [9.17, 15) is 9.90 Å². The summed E-state index contributed by atoms with van der Waals surface area (Å²) in [4.78, 5) is 14.5. The van der Waals surface area contributed by atoms with Gasteiger partial charge in [-0.05, 0) is 31.4 Å². The van der Waals surface area contributed by atoms with E-state index in [-0.39, 0.29) is 5.56 Å². The maximum Gasteiger partial charge on any atom is 0.257 e. The summed E-state index contributed by atoms with van der Waals surface area (Å²) >= 11 is 0. The minimum atomic E-state index is -0.817. The summed E-state index contributed by atoms with van der Waals surface area (Å²) in [5, 5.41) is 14.2. The van der Waals surface area contributed by atoms with Crippen LogP contribution in [0.15, 0.2) is 35.1 Å². The summed E-state index contributed by atoms with van der Waals surface area (Å²) < 4.78 is 0. The maximum absolute atomic E-state index is 11.8. The lowest BCUT2D eigenvalue weighted by atomic mass is 10.1. The molecule has 0 unspecified atom stereocenters. The number of pyridine rings is 1. The molecular formula is C13H16N2O2. The van der Waals surface area contributed by atoms with E-state index in [1.54, 1.807) is 19.9 Å². The Morgan fingerprint density at radius 2 is 2.06 bits per heavy atom. The van der Waals surface area contributed by atoms with Crippen molar-refractivity contribution in [3.05, 3.63) is 40.7 Å². The molecule has 1 aromatic heterocycles. The fraction of sp³-hybridized carbons (Fsp3) is 0.308. The SMILES string of the molecule is CC(C)(O)CNc1cc2ccccc2c(=O)[nH]1. The summed E-state index contributed by atoms with van der Waals surface area (Å²) in [6, 6.07) is 9.26.